The molecular weight excluding hydrogens is 384 g/mol. The fourth-order valence-corrected chi connectivity index (χ4v) is 3.76. The van der Waals surface area contributed by atoms with Crippen molar-refractivity contribution in [3.05, 3.63) is 81.3 Å². The number of aliphatic hydroxyl groups is 1. The largest absolute Gasteiger partial charge is 0.390 e. The topological polar surface area (TPSA) is 71.5 Å². The summed E-state index contributed by atoms with van der Waals surface area (Å²) in [5.74, 6) is -0.279. The summed E-state index contributed by atoms with van der Waals surface area (Å²) in [7, 11) is 0. The first kappa shape index (κ1) is 19.5. The van der Waals surface area contributed by atoms with Gasteiger partial charge in [0.2, 0.25) is 0 Å². The Kier molecular flexibility index (Phi) is 6.95. The van der Waals surface area contributed by atoms with Gasteiger partial charge in [0, 0.05) is 16.3 Å². The molecule has 0 aliphatic carbocycles. The molecule has 1 amide bonds. The molecule has 0 aliphatic rings. The zero-order valence-electron chi connectivity index (χ0n) is 14.5. The maximum atomic E-state index is 12.1. The SMILES string of the molecule is O=C(COCc1ccccc1)Nc1nc(CO)c(Cc2cccc(Cl)c2)s1. The third kappa shape index (κ3) is 5.87. The van der Waals surface area contributed by atoms with Crippen LogP contribution in [0.3, 0.4) is 0 Å². The van der Waals surface area contributed by atoms with E-state index in [0.717, 1.165) is 16.0 Å². The molecule has 0 bridgehead atoms. The number of carbonyl (C=O) groups excluding carboxylic acids is 1. The van der Waals surface area contributed by atoms with Gasteiger partial charge >= 0.3 is 0 Å². The van der Waals surface area contributed by atoms with Gasteiger partial charge in [-0.25, -0.2) is 4.98 Å². The molecule has 7 heteroatoms. The number of hydrogen-bond acceptors (Lipinski definition) is 5. The van der Waals surface area contributed by atoms with E-state index in [1.165, 1.54) is 11.3 Å². The highest BCUT2D eigenvalue weighted by Gasteiger charge is 2.13. The Morgan fingerprint density at radius 1 is 1.15 bits per heavy atom. The average molecular weight is 403 g/mol. The lowest BCUT2D eigenvalue weighted by Gasteiger charge is -2.04. The van der Waals surface area contributed by atoms with Gasteiger partial charge in [-0.2, -0.15) is 0 Å². The van der Waals surface area contributed by atoms with Gasteiger partial charge in [0.25, 0.3) is 5.91 Å². The van der Waals surface area contributed by atoms with Crippen LogP contribution in [0.4, 0.5) is 5.13 Å². The van der Waals surface area contributed by atoms with E-state index in [1.54, 1.807) is 0 Å². The van der Waals surface area contributed by atoms with Gasteiger partial charge in [-0.1, -0.05) is 54.1 Å². The number of halogens is 1. The summed E-state index contributed by atoms with van der Waals surface area (Å²) in [4.78, 5) is 17.3. The van der Waals surface area contributed by atoms with Crippen LogP contribution in [0.2, 0.25) is 5.02 Å². The second kappa shape index (κ2) is 9.62. The van der Waals surface area contributed by atoms with Crippen molar-refractivity contribution in [1.29, 1.82) is 0 Å². The highest BCUT2D eigenvalue weighted by atomic mass is 35.5. The average Bonchev–Trinajstić information content (AvgIpc) is 3.03. The third-order valence-corrected chi connectivity index (χ3v) is 5.02. The zero-order valence-corrected chi connectivity index (χ0v) is 16.1. The number of rotatable bonds is 8. The molecule has 0 unspecified atom stereocenters. The Bertz CT molecular complexity index is 899. The van der Waals surface area contributed by atoms with Gasteiger partial charge in [-0.3, -0.25) is 10.1 Å². The number of carbonyl (C=O) groups is 1. The Morgan fingerprint density at radius 3 is 2.67 bits per heavy atom. The van der Waals surface area contributed by atoms with E-state index in [-0.39, 0.29) is 19.1 Å². The van der Waals surface area contributed by atoms with Crippen LogP contribution in [0.15, 0.2) is 54.6 Å². The number of benzene rings is 2. The fraction of sp³-hybridized carbons (Fsp3) is 0.200. The number of nitrogens with zero attached hydrogens (tertiary/aromatic N) is 1. The van der Waals surface area contributed by atoms with Crippen LogP contribution in [-0.2, 0) is 29.2 Å². The molecule has 27 heavy (non-hydrogen) atoms. The molecule has 1 heterocycles. The van der Waals surface area contributed by atoms with Crippen LogP contribution in [0, 0.1) is 0 Å². The van der Waals surface area contributed by atoms with Crippen LogP contribution in [0.5, 0.6) is 0 Å². The molecule has 1 aromatic heterocycles. The molecule has 0 atom stereocenters. The van der Waals surface area contributed by atoms with Crippen LogP contribution in [-0.4, -0.2) is 22.6 Å². The van der Waals surface area contributed by atoms with Crippen LogP contribution in [0.1, 0.15) is 21.7 Å². The van der Waals surface area contributed by atoms with Crippen molar-refractivity contribution in [3.8, 4) is 0 Å². The van der Waals surface area contributed by atoms with E-state index in [9.17, 15) is 9.90 Å². The summed E-state index contributed by atoms with van der Waals surface area (Å²) < 4.78 is 5.43. The van der Waals surface area contributed by atoms with Gasteiger partial charge in [0.1, 0.15) is 6.61 Å². The molecule has 140 valence electrons. The lowest BCUT2D eigenvalue weighted by Crippen LogP contribution is -2.18. The van der Waals surface area contributed by atoms with Crippen molar-refractivity contribution in [2.45, 2.75) is 19.6 Å². The highest BCUT2D eigenvalue weighted by Crippen LogP contribution is 2.26. The summed E-state index contributed by atoms with van der Waals surface area (Å²) in [6, 6.07) is 17.2. The van der Waals surface area contributed by atoms with Gasteiger partial charge in [0.05, 0.1) is 18.9 Å². The second-order valence-electron chi connectivity index (χ2n) is 5.88. The quantitative estimate of drug-likeness (QED) is 0.596. The minimum Gasteiger partial charge on any atom is -0.390 e. The lowest BCUT2D eigenvalue weighted by atomic mass is 10.1. The van der Waals surface area contributed by atoms with Gasteiger partial charge in [-0.05, 0) is 23.3 Å². The summed E-state index contributed by atoms with van der Waals surface area (Å²) in [5.41, 5.74) is 2.58. The molecule has 0 fully saturated rings. The van der Waals surface area contributed by atoms with Crippen molar-refractivity contribution >= 4 is 34.0 Å². The summed E-state index contributed by atoms with van der Waals surface area (Å²) in [6.07, 6.45) is 0.592. The van der Waals surface area contributed by atoms with E-state index in [2.05, 4.69) is 10.3 Å². The summed E-state index contributed by atoms with van der Waals surface area (Å²) in [5, 5.41) is 13.4. The minimum absolute atomic E-state index is 0.0629. The number of anilines is 1. The third-order valence-electron chi connectivity index (χ3n) is 3.77. The lowest BCUT2D eigenvalue weighted by molar-refractivity contribution is -0.121. The normalized spacial score (nSPS) is 10.7. The zero-order chi connectivity index (χ0) is 19.1. The molecule has 0 radical (unpaired) electrons. The number of nitrogens with one attached hydrogen (secondary N) is 1. The fourth-order valence-electron chi connectivity index (χ4n) is 2.52. The van der Waals surface area contributed by atoms with E-state index < -0.39 is 0 Å². The molecule has 2 aromatic carbocycles. The smallest absolute Gasteiger partial charge is 0.252 e. The van der Waals surface area contributed by atoms with Gasteiger partial charge < -0.3 is 9.84 Å². The number of aliphatic hydroxyl groups excluding tert-OH is 1. The predicted octanol–water partition coefficient (Wildman–Crippen LogP) is 4.03. The van der Waals surface area contributed by atoms with Gasteiger partial charge in [0.15, 0.2) is 5.13 Å². The molecule has 0 spiro atoms. The van der Waals surface area contributed by atoms with Crippen molar-refractivity contribution < 1.29 is 14.6 Å². The number of aromatic nitrogens is 1. The molecule has 3 rings (SSSR count). The van der Waals surface area contributed by atoms with E-state index >= 15 is 0 Å². The Labute approximate surface area is 166 Å². The Hall–Kier alpha value is -2.25. The number of thiazole rings is 1. The van der Waals surface area contributed by atoms with Gasteiger partial charge in [-0.15, -0.1) is 11.3 Å². The molecule has 0 saturated heterocycles. The van der Waals surface area contributed by atoms with E-state index in [1.807, 2.05) is 54.6 Å². The first-order valence-electron chi connectivity index (χ1n) is 8.39. The van der Waals surface area contributed by atoms with Crippen LogP contribution < -0.4 is 5.32 Å². The summed E-state index contributed by atoms with van der Waals surface area (Å²) in [6.45, 7) is 0.118. The molecule has 5 nitrogen and oxygen atoms in total. The maximum Gasteiger partial charge on any atom is 0.252 e. The van der Waals surface area contributed by atoms with E-state index in [4.69, 9.17) is 16.3 Å². The second-order valence-corrected chi connectivity index (χ2v) is 7.40. The first-order chi connectivity index (χ1) is 13.1. The monoisotopic (exact) mass is 402 g/mol. The van der Waals surface area contributed by atoms with Crippen molar-refractivity contribution in [2.24, 2.45) is 0 Å². The van der Waals surface area contributed by atoms with Crippen molar-refractivity contribution in [2.75, 3.05) is 11.9 Å². The number of ether oxygens (including phenoxy) is 1. The number of hydrogen-bond donors (Lipinski definition) is 2. The molecule has 0 aliphatic heterocycles. The first-order valence-corrected chi connectivity index (χ1v) is 9.59. The predicted molar refractivity (Wildman–Crippen MR) is 107 cm³/mol. The molecule has 2 N–H and O–H groups in total. The maximum absolute atomic E-state index is 12.1. The minimum atomic E-state index is -0.279. The number of amides is 1. The van der Waals surface area contributed by atoms with Crippen LogP contribution >= 0.6 is 22.9 Å². The highest BCUT2D eigenvalue weighted by molar-refractivity contribution is 7.15. The molecule has 3 aromatic rings. The van der Waals surface area contributed by atoms with E-state index in [0.29, 0.717) is 28.9 Å². The Morgan fingerprint density at radius 2 is 1.93 bits per heavy atom. The molecule has 0 saturated carbocycles. The van der Waals surface area contributed by atoms with Crippen LogP contribution in [0.25, 0.3) is 0 Å². The standard InChI is InChI=1S/C20H19ClN2O3S/c21-16-8-4-7-15(9-16)10-18-17(11-24)22-20(27-18)23-19(25)13-26-12-14-5-2-1-3-6-14/h1-9,24H,10-13H2,(H,22,23,25). The van der Waals surface area contributed by atoms with Crippen molar-refractivity contribution in [1.82, 2.24) is 4.98 Å². The summed E-state index contributed by atoms with van der Waals surface area (Å²) >= 11 is 7.36. The molecular formula is C20H19ClN2O3S. The Balaban J connectivity index is 1.56. The van der Waals surface area contributed by atoms with Crippen molar-refractivity contribution in [3.63, 3.8) is 0 Å².